The molecule has 0 saturated carbocycles. The van der Waals surface area contributed by atoms with Gasteiger partial charge < -0.3 is 14.6 Å². The zero-order valence-electron chi connectivity index (χ0n) is 14.0. The van der Waals surface area contributed by atoms with Crippen LogP contribution in [0.3, 0.4) is 0 Å². The maximum absolute atomic E-state index is 11.0. The number of aromatic nitrogens is 1. The van der Waals surface area contributed by atoms with Gasteiger partial charge in [-0.3, -0.25) is 5.43 Å². The maximum Gasteiger partial charge on any atom is 0.204 e. The second kappa shape index (κ2) is 8.26. The number of hydrogen-bond donors (Lipinski definition) is 1. The van der Waals surface area contributed by atoms with E-state index in [1.807, 2.05) is 54.6 Å². The fraction of sp³-hybridized carbons (Fsp3) is 0.105. The van der Waals surface area contributed by atoms with Gasteiger partial charge in [-0.2, -0.15) is 5.10 Å². The zero-order chi connectivity index (χ0) is 18.4. The van der Waals surface area contributed by atoms with Gasteiger partial charge in [0.15, 0.2) is 0 Å². The third-order valence-corrected chi connectivity index (χ3v) is 4.50. The Kier molecular flexibility index (Phi) is 5.60. The highest BCUT2D eigenvalue weighted by Crippen LogP contribution is 2.31. The number of nitrogens with one attached hydrogen (secondary N) is 1. The minimum atomic E-state index is -1.14. The van der Waals surface area contributed by atoms with Gasteiger partial charge in [0.05, 0.1) is 19.0 Å². The standard InChI is InChI=1S/C19H17N3O3S/c1-25-15-9-7-13(8-10-15)12-20-22-19-21-18(14-5-3-2-4-6-14)16(26-19)11-17(23)24/h2-10,12H,11H2,1H3,(H,21,22)(H,23,24)/p-1/b20-12-. The van der Waals surface area contributed by atoms with Crippen molar-refractivity contribution in [2.45, 2.75) is 6.42 Å². The molecule has 1 N–H and O–H groups in total. The van der Waals surface area contributed by atoms with Crippen molar-refractivity contribution in [2.75, 3.05) is 12.5 Å². The summed E-state index contributed by atoms with van der Waals surface area (Å²) in [5, 5.41) is 15.7. The summed E-state index contributed by atoms with van der Waals surface area (Å²) in [5.41, 5.74) is 5.23. The van der Waals surface area contributed by atoms with Gasteiger partial charge >= 0.3 is 0 Å². The highest BCUT2D eigenvalue weighted by molar-refractivity contribution is 7.16. The molecule has 1 heterocycles. The summed E-state index contributed by atoms with van der Waals surface area (Å²) in [4.78, 5) is 16.1. The smallest absolute Gasteiger partial charge is 0.204 e. The molecule has 0 bridgehead atoms. The van der Waals surface area contributed by atoms with Gasteiger partial charge in [-0.15, -0.1) is 0 Å². The molecule has 0 unspecified atom stereocenters. The van der Waals surface area contributed by atoms with Crippen LogP contribution in [0.5, 0.6) is 5.75 Å². The highest BCUT2D eigenvalue weighted by Gasteiger charge is 2.13. The van der Waals surface area contributed by atoms with E-state index < -0.39 is 5.97 Å². The van der Waals surface area contributed by atoms with Crippen molar-refractivity contribution < 1.29 is 14.6 Å². The summed E-state index contributed by atoms with van der Waals surface area (Å²) in [7, 11) is 1.61. The molecule has 0 amide bonds. The summed E-state index contributed by atoms with van der Waals surface area (Å²) in [6.07, 6.45) is 1.47. The molecule has 132 valence electrons. The van der Waals surface area contributed by atoms with E-state index in [2.05, 4.69) is 15.5 Å². The third-order valence-electron chi connectivity index (χ3n) is 3.54. The Morgan fingerprint density at radius 3 is 2.62 bits per heavy atom. The average molecular weight is 366 g/mol. The number of carboxylic acid groups (broad SMARTS) is 1. The van der Waals surface area contributed by atoms with E-state index in [9.17, 15) is 9.90 Å². The lowest BCUT2D eigenvalue weighted by atomic mass is 10.1. The van der Waals surface area contributed by atoms with E-state index in [-0.39, 0.29) is 6.42 Å². The Hall–Kier alpha value is -3.19. The normalized spacial score (nSPS) is 10.8. The minimum Gasteiger partial charge on any atom is -0.550 e. The molecule has 6 nitrogen and oxygen atoms in total. The van der Waals surface area contributed by atoms with Crippen LogP contribution in [0, 0.1) is 0 Å². The molecule has 26 heavy (non-hydrogen) atoms. The van der Waals surface area contributed by atoms with Gasteiger partial charge in [-0.25, -0.2) is 4.98 Å². The summed E-state index contributed by atoms with van der Waals surface area (Å²) >= 11 is 1.25. The van der Waals surface area contributed by atoms with E-state index in [1.54, 1.807) is 13.3 Å². The Bertz CT molecular complexity index is 906. The van der Waals surface area contributed by atoms with Crippen LogP contribution in [-0.4, -0.2) is 24.3 Å². The number of aliphatic carboxylic acids is 1. The van der Waals surface area contributed by atoms with Crippen LogP contribution in [0.4, 0.5) is 5.13 Å². The Labute approximate surface area is 154 Å². The molecule has 1 aromatic heterocycles. The summed E-state index contributed by atoms with van der Waals surface area (Å²) < 4.78 is 5.11. The predicted octanol–water partition coefficient (Wildman–Crippen LogP) is 2.56. The van der Waals surface area contributed by atoms with Crippen LogP contribution >= 0.6 is 11.3 Å². The van der Waals surface area contributed by atoms with Crippen molar-refractivity contribution in [3.8, 4) is 17.0 Å². The number of hydrazone groups is 1. The Morgan fingerprint density at radius 2 is 1.96 bits per heavy atom. The summed E-state index contributed by atoms with van der Waals surface area (Å²) in [6, 6.07) is 16.9. The third kappa shape index (κ3) is 4.46. The summed E-state index contributed by atoms with van der Waals surface area (Å²) in [5.74, 6) is -0.367. The highest BCUT2D eigenvalue weighted by atomic mass is 32.1. The average Bonchev–Trinajstić information content (AvgIpc) is 3.05. The van der Waals surface area contributed by atoms with E-state index in [1.165, 1.54) is 11.3 Å². The molecule has 2 aromatic carbocycles. The van der Waals surface area contributed by atoms with Crippen LogP contribution in [0.15, 0.2) is 59.7 Å². The van der Waals surface area contributed by atoms with Crippen LogP contribution in [-0.2, 0) is 11.2 Å². The molecular weight excluding hydrogens is 350 g/mol. The van der Waals surface area contributed by atoms with E-state index in [0.717, 1.165) is 16.9 Å². The fourth-order valence-electron chi connectivity index (χ4n) is 2.32. The molecule has 3 aromatic rings. The number of carboxylic acids is 1. The number of carbonyl (C=O) groups is 1. The number of ether oxygens (including phenoxy) is 1. The van der Waals surface area contributed by atoms with Crippen molar-refractivity contribution in [3.05, 3.63) is 65.0 Å². The first-order valence-electron chi connectivity index (χ1n) is 7.84. The van der Waals surface area contributed by atoms with Crippen molar-refractivity contribution in [3.63, 3.8) is 0 Å². The molecule has 7 heteroatoms. The number of rotatable bonds is 7. The zero-order valence-corrected chi connectivity index (χ0v) is 14.8. The number of anilines is 1. The fourth-order valence-corrected chi connectivity index (χ4v) is 3.24. The first-order valence-corrected chi connectivity index (χ1v) is 8.65. The summed E-state index contributed by atoms with van der Waals surface area (Å²) in [6.45, 7) is 0. The molecule has 3 rings (SSSR count). The molecule has 0 atom stereocenters. The van der Waals surface area contributed by atoms with Crippen LogP contribution < -0.4 is 15.3 Å². The van der Waals surface area contributed by atoms with Crippen LogP contribution in [0.1, 0.15) is 10.4 Å². The Morgan fingerprint density at radius 1 is 1.23 bits per heavy atom. The lowest BCUT2D eigenvalue weighted by molar-refractivity contribution is -0.304. The first-order chi connectivity index (χ1) is 12.7. The number of thiazole rings is 1. The van der Waals surface area contributed by atoms with Crippen molar-refractivity contribution >= 4 is 28.7 Å². The van der Waals surface area contributed by atoms with E-state index in [0.29, 0.717) is 15.7 Å². The van der Waals surface area contributed by atoms with Gasteiger partial charge in [-0.1, -0.05) is 41.7 Å². The molecule has 0 fully saturated rings. The topological polar surface area (TPSA) is 86.6 Å². The van der Waals surface area contributed by atoms with Gasteiger partial charge in [0.2, 0.25) is 5.13 Å². The minimum absolute atomic E-state index is 0.189. The van der Waals surface area contributed by atoms with E-state index in [4.69, 9.17) is 4.74 Å². The van der Waals surface area contributed by atoms with Crippen molar-refractivity contribution in [1.29, 1.82) is 0 Å². The monoisotopic (exact) mass is 366 g/mol. The molecule has 0 aliphatic heterocycles. The first kappa shape index (κ1) is 17.6. The lowest BCUT2D eigenvalue weighted by Crippen LogP contribution is -2.24. The number of carbonyl (C=O) groups excluding carboxylic acids is 1. The number of hydrogen-bond acceptors (Lipinski definition) is 7. The van der Waals surface area contributed by atoms with Crippen molar-refractivity contribution in [1.82, 2.24) is 4.98 Å². The second-order valence-corrected chi connectivity index (χ2v) is 6.43. The van der Waals surface area contributed by atoms with Crippen LogP contribution in [0.2, 0.25) is 0 Å². The molecule has 0 aliphatic carbocycles. The predicted molar refractivity (Wildman–Crippen MR) is 100 cm³/mol. The number of methoxy groups -OCH3 is 1. The lowest BCUT2D eigenvalue weighted by Gasteiger charge is -2.02. The molecule has 0 aliphatic rings. The molecule has 0 radical (unpaired) electrons. The number of nitrogens with zero attached hydrogens (tertiary/aromatic N) is 2. The van der Waals surface area contributed by atoms with Gasteiger partial charge in [0.25, 0.3) is 0 Å². The molecule has 0 spiro atoms. The largest absolute Gasteiger partial charge is 0.550 e. The van der Waals surface area contributed by atoms with Gasteiger partial charge in [-0.05, 0) is 29.8 Å². The van der Waals surface area contributed by atoms with Gasteiger partial charge in [0.1, 0.15) is 5.75 Å². The SMILES string of the molecule is COc1ccc(/C=N\Nc2nc(-c3ccccc3)c(CC(=O)[O-])s2)cc1. The second-order valence-electron chi connectivity index (χ2n) is 5.35. The Balaban J connectivity index is 1.78. The number of benzene rings is 2. The molecule has 0 saturated heterocycles. The van der Waals surface area contributed by atoms with Crippen LogP contribution in [0.25, 0.3) is 11.3 Å². The molecular formula is C19H16N3O3S-. The van der Waals surface area contributed by atoms with E-state index >= 15 is 0 Å². The van der Waals surface area contributed by atoms with Gasteiger partial charge in [0, 0.05) is 22.8 Å². The quantitative estimate of drug-likeness (QED) is 0.513. The maximum atomic E-state index is 11.0. The van der Waals surface area contributed by atoms with Crippen molar-refractivity contribution in [2.24, 2.45) is 5.10 Å².